The Morgan fingerprint density at radius 2 is 0.942 bits per heavy atom. The van der Waals surface area contributed by atoms with Crippen molar-refractivity contribution in [2.75, 3.05) is 4.90 Å². The average molecular weight is 682 g/mol. The number of nitrogens with zero attached hydrogens (tertiary/aromatic N) is 3. The van der Waals surface area contributed by atoms with E-state index in [4.69, 9.17) is 9.97 Å². The van der Waals surface area contributed by atoms with Gasteiger partial charge in [-0.3, -0.25) is 0 Å². The van der Waals surface area contributed by atoms with Gasteiger partial charge in [0, 0.05) is 53.7 Å². The lowest BCUT2D eigenvalue weighted by Crippen LogP contribution is -2.09. The molecule has 4 heteroatoms. The van der Waals surface area contributed by atoms with Gasteiger partial charge in [0.15, 0.2) is 0 Å². The molecule has 0 aliphatic heterocycles. The molecule has 0 spiro atoms. The molecule has 0 bridgehead atoms. The van der Waals surface area contributed by atoms with Crippen LogP contribution in [0, 0.1) is 0 Å². The topological polar surface area (TPSA) is 29.0 Å². The molecule has 2 aromatic heterocycles. The van der Waals surface area contributed by atoms with E-state index in [2.05, 4.69) is 181 Å². The zero-order chi connectivity index (χ0) is 34.4. The van der Waals surface area contributed by atoms with Crippen molar-refractivity contribution in [2.24, 2.45) is 0 Å². The normalized spacial score (nSPS) is 11.5. The number of rotatable bonds is 6. The fraction of sp³-hybridized carbons (Fsp3) is 0. The van der Waals surface area contributed by atoms with Crippen LogP contribution in [0.4, 0.5) is 17.1 Å². The van der Waals surface area contributed by atoms with E-state index in [-0.39, 0.29) is 0 Å². The number of benzene rings is 8. The van der Waals surface area contributed by atoms with E-state index in [0.29, 0.717) is 0 Å². The number of anilines is 3. The van der Waals surface area contributed by atoms with Crippen LogP contribution in [0.15, 0.2) is 188 Å². The zero-order valence-corrected chi connectivity index (χ0v) is 29.0. The quantitative estimate of drug-likeness (QED) is 0.164. The van der Waals surface area contributed by atoms with Crippen LogP contribution >= 0.6 is 11.3 Å². The predicted molar refractivity (Wildman–Crippen MR) is 221 cm³/mol. The highest BCUT2D eigenvalue weighted by Gasteiger charge is 2.17. The van der Waals surface area contributed by atoms with E-state index in [1.165, 1.54) is 31.3 Å². The summed E-state index contributed by atoms with van der Waals surface area (Å²) in [5, 5.41) is 4.80. The van der Waals surface area contributed by atoms with Gasteiger partial charge in [0.2, 0.25) is 0 Å². The molecule has 3 nitrogen and oxygen atoms in total. The molecule has 244 valence electrons. The molecule has 0 radical (unpaired) electrons. The lowest BCUT2D eigenvalue weighted by molar-refractivity contribution is 1.29. The Bertz CT molecular complexity index is 2850. The van der Waals surface area contributed by atoms with E-state index < -0.39 is 0 Å². The Morgan fingerprint density at radius 3 is 1.62 bits per heavy atom. The van der Waals surface area contributed by atoms with Crippen molar-refractivity contribution in [3.8, 4) is 33.6 Å². The van der Waals surface area contributed by atoms with Gasteiger partial charge in [0.1, 0.15) is 0 Å². The summed E-state index contributed by atoms with van der Waals surface area (Å²) in [6.07, 6.45) is 0. The van der Waals surface area contributed by atoms with E-state index >= 15 is 0 Å². The SMILES string of the molecule is c1ccc(-c2nc3ccc4cc(-c5ccc6sc7cc(N(c8ccccc8)c8ccccc8)ccc7c6c5)ccc4c3nc2-c2ccccc2)cc1. The fourth-order valence-electron chi connectivity index (χ4n) is 7.31. The first-order valence-corrected chi connectivity index (χ1v) is 18.3. The van der Waals surface area contributed by atoms with Crippen molar-refractivity contribution in [1.82, 2.24) is 9.97 Å². The monoisotopic (exact) mass is 681 g/mol. The third-order valence-electron chi connectivity index (χ3n) is 9.82. The average Bonchev–Trinajstić information content (AvgIpc) is 3.59. The first-order valence-electron chi connectivity index (χ1n) is 17.5. The Hall–Kier alpha value is -6.62. The Labute approximate surface area is 305 Å². The van der Waals surface area contributed by atoms with E-state index in [0.717, 1.165) is 61.4 Å². The molecule has 0 N–H and O–H groups in total. The second-order valence-electron chi connectivity index (χ2n) is 13.0. The van der Waals surface area contributed by atoms with Gasteiger partial charge in [-0.05, 0) is 77.2 Å². The number of aromatic nitrogens is 2. The molecule has 2 heterocycles. The summed E-state index contributed by atoms with van der Waals surface area (Å²) in [6.45, 7) is 0. The lowest BCUT2D eigenvalue weighted by Gasteiger charge is -2.25. The highest BCUT2D eigenvalue weighted by Crippen LogP contribution is 2.42. The predicted octanol–water partition coefficient (Wildman–Crippen LogP) is 13.6. The second-order valence-corrected chi connectivity index (χ2v) is 14.1. The van der Waals surface area contributed by atoms with Crippen molar-refractivity contribution in [1.29, 1.82) is 0 Å². The highest BCUT2D eigenvalue weighted by molar-refractivity contribution is 7.25. The third-order valence-corrected chi connectivity index (χ3v) is 11.0. The smallest absolute Gasteiger partial charge is 0.0973 e. The summed E-state index contributed by atoms with van der Waals surface area (Å²) in [5.74, 6) is 0. The van der Waals surface area contributed by atoms with Crippen LogP contribution in [-0.2, 0) is 0 Å². The summed E-state index contributed by atoms with van der Waals surface area (Å²) in [5.41, 5.74) is 11.5. The van der Waals surface area contributed by atoms with Gasteiger partial charge in [-0.2, -0.15) is 0 Å². The molecule has 52 heavy (non-hydrogen) atoms. The Kier molecular flexibility index (Phi) is 7.33. The van der Waals surface area contributed by atoms with Crippen LogP contribution in [0.3, 0.4) is 0 Å². The number of para-hydroxylation sites is 2. The summed E-state index contributed by atoms with van der Waals surface area (Å²) in [4.78, 5) is 12.8. The van der Waals surface area contributed by atoms with Crippen LogP contribution in [0.25, 0.3) is 75.6 Å². The Balaban J connectivity index is 1.06. The van der Waals surface area contributed by atoms with Crippen molar-refractivity contribution >= 4 is 70.4 Å². The van der Waals surface area contributed by atoms with Gasteiger partial charge >= 0.3 is 0 Å². The minimum atomic E-state index is 0.891. The van der Waals surface area contributed by atoms with Crippen molar-refractivity contribution in [3.63, 3.8) is 0 Å². The van der Waals surface area contributed by atoms with Crippen molar-refractivity contribution < 1.29 is 0 Å². The molecule has 0 amide bonds. The number of hydrogen-bond donors (Lipinski definition) is 0. The molecule has 0 aliphatic rings. The molecule has 0 aliphatic carbocycles. The molecular weight excluding hydrogens is 651 g/mol. The van der Waals surface area contributed by atoms with Crippen LogP contribution in [0.1, 0.15) is 0 Å². The minimum absolute atomic E-state index is 0.891. The van der Waals surface area contributed by atoms with Gasteiger partial charge in [-0.1, -0.05) is 127 Å². The molecule has 0 atom stereocenters. The molecule has 10 aromatic rings. The fourth-order valence-corrected chi connectivity index (χ4v) is 8.43. The van der Waals surface area contributed by atoms with Crippen LogP contribution in [-0.4, -0.2) is 9.97 Å². The molecule has 10 rings (SSSR count). The maximum Gasteiger partial charge on any atom is 0.0973 e. The standard InChI is InChI=1S/C48H31N3S/c1-5-13-32(14-6-1)46-47(33-15-7-2-8-16-33)50-48-40-25-21-34(29-36(40)22-27-43(48)49-46)35-23-28-44-42(30-35)41-26-24-39(31-45(41)52-44)51(37-17-9-3-10-18-37)38-19-11-4-12-20-38/h1-31H. The molecule has 8 aromatic carbocycles. The van der Waals surface area contributed by atoms with E-state index in [9.17, 15) is 0 Å². The highest BCUT2D eigenvalue weighted by atomic mass is 32.1. The first-order chi connectivity index (χ1) is 25.8. The van der Waals surface area contributed by atoms with Gasteiger partial charge < -0.3 is 4.90 Å². The molecule has 0 unspecified atom stereocenters. The molecular formula is C48H31N3S. The number of fused-ring (bicyclic) bond motifs is 6. The summed E-state index contributed by atoms with van der Waals surface area (Å²) in [7, 11) is 0. The number of hydrogen-bond acceptors (Lipinski definition) is 4. The third kappa shape index (κ3) is 5.29. The number of thiophene rings is 1. The maximum absolute atomic E-state index is 5.31. The summed E-state index contributed by atoms with van der Waals surface area (Å²) < 4.78 is 2.56. The minimum Gasteiger partial charge on any atom is -0.310 e. The first kappa shape index (κ1) is 30.2. The van der Waals surface area contributed by atoms with E-state index in [1.54, 1.807) is 0 Å². The molecule has 0 saturated carbocycles. The van der Waals surface area contributed by atoms with Crippen LogP contribution in [0.5, 0.6) is 0 Å². The van der Waals surface area contributed by atoms with Gasteiger partial charge in [0.25, 0.3) is 0 Å². The van der Waals surface area contributed by atoms with Gasteiger partial charge in [-0.15, -0.1) is 11.3 Å². The Morgan fingerprint density at radius 1 is 0.365 bits per heavy atom. The molecule has 0 saturated heterocycles. The maximum atomic E-state index is 5.31. The molecule has 0 fully saturated rings. The van der Waals surface area contributed by atoms with Crippen LogP contribution in [0.2, 0.25) is 0 Å². The van der Waals surface area contributed by atoms with Crippen LogP contribution < -0.4 is 4.90 Å². The largest absolute Gasteiger partial charge is 0.310 e. The van der Waals surface area contributed by atoms with Crippen molar-refractivity contribution in [2.45, 2.75) is 0 Å². The summed E-state index contributed by atoms with van der Waals surface area (Å²) >= 11 is 1.85. The van der Waals surface area contributed by atoms with Gasteiger partial charge in [-0.25, -0.2) is 9.97 Å². The van der Waals surface area contributed by atoms with Gasteiger partial charge in [0.05, 0.1) is 22.4 Å². The van der Waals surface area contributed by atoms with Crippen molar-refractivity contribution in [3.05, 3.63) is 188 Å². The summed E-state index contributed by atoms with van der Waals surface area (Å²) in [6, 6.07) is 66.6. The second kappa shape index (κ2) is 12.6. The van der Waals surface area contributed by atoms with E-state index in [1.807, 2.05) is 23.5 Å². The zero-order valence-electron chi connectivity index (χ0n) is 28.1. The lowest BCUT2D eigenvalue weighted by atomic mass is 9.98.